The average Bonchev–Trinajstić information content (AvgIpc) is 2.31. The second-order valence-corrected chi connectivity index (χ2v) is 5.02. The van der Waals surface area contributed by atoms with Crippen molar-refractivity contribution in [3.8, 4) is 0 Å². The molecule has 0 radical (unpaired) electrons. The standard InChI is InChI=1S/C11H22N4O3S/c1-6(2)3-7(12)11(18)14-4-9(16)15-8(5-19)10(13)17/h6-8,19H,3-5,12H2,1-2H3,(H2,13,17)(H,14,18)(H,15,16)/t7-,8-/m0/s1. The van der Waals surface area contributed by atoms with E-state index >= 15 is 0 Å². The van der Waals surface area contributed by atoms with E-state index in [1.807, 2.05) is 13.8 Å². The van der Waals surface area contributed by atoms with Crippen LogP contribution >= 0.6 is 12.6 Å². The minimum absolute atomic E-state index is 0.0991. The summed E-state index contributed by atoms with van der Waals surface area (Å²) in [7, 11) is 0. The predicted octanol–water partition coefficient (Wildman–Crippen LogP) is -1.62. The summed E-state index contributed by atoms with van der Waals surface area (Å²) in [5.74, 6) is -1.19. The Morgan fingerprint density at radius 3 is 2.26 bits per heavy atom. The Balaban J connectivity index is 4.09. The molecule has 110 valence electrons. The van der Waals surface area contributed by atoms with Gasteiger partial charge in [-0.15, -0.1) is 0 Å². The molecule has 0 aromatic heterocycles. The maximum atomic E-state index is 11.5. The fourth-order valence-corrected chi connectivity index (χ4v) is 1.64. The van der Waals surface area contributed by atoms with Crippen molar-refractivity contribution in [1.82, 2.24) is 10.6 Å². The molecule has 0 saturated carbocycles. The first kappa shape index (κ1) is 17.7. The highest BCUT2D eigenvalue weighted by Crippen LogP contribution is 2.02. The molecular formula is C11H22N4O3S. The monoisotopic (exact) mass is 290 g/mol. The van der Waals surface area contributed by atoms with E-state index in [-0.39, 0.29) is 18.2 Å². The number of hydrogen-bond donors (Lipinski definition) is 5. The molecule has 0 rings (SSSR count). The smallest absolute Gasteiger partial charge is 0.240 e. The van der Waals surface area contributed by atoms with Gasteiger partial charge in [0.05, 0.1) is 12.6 Å². The lowest BCUT2D eigenvalue weighted by molar-refractivity contribution is -0.128. The van der Waals surface area contributed by atoms with Crippen molar-refractivity contribution < 1.29 is 14.4 Å². The Morgan fingerprint density at radius 2 is 1.84 bits per heavy atom. The number of amides is 3. The highest BCUT2D eigenvalue weighted by atomic mass is 32.1. The quantitative estimate of drug-likeness (QED) is 0.344. The Hall–Kier alpha value is -1.28. The van der Waals surface area contributed by atoms with Gasteiger partial charge in [-0.05, 0) is 12.3 Å². The molecule has 8 heteroatoms. The van der Waals surface area contributed by atoms with E-state index in [2.05, 4.69) is 23.3 Å². The molecule has 0 saturated heterocycles. The maximum absolute atomic E-state index is 11.5. The molecule has 19 heavy (non-hydrogen) atoms. The predicted molar refractivity (Wildman–Crippen MR) is 75.4 cm³/mol. The van der Waals surface area contributed by atoms with Crippen molar-refractivity contribution in [3.05, 3.63) is 0 Å². The van der Waals surface area contributed by atoms with Gasteiger partial charge in [-0.2, -0.15) is 12.6 Å². The molecule has 3 amide bonds. The van der Waals surface area contributed by atoms with E-state index in [0.717, 1.165) is 0 Å². The summed E-state index contributed by atoms with van der Waals surface area (Å²) >= 11 is 3.89. The Bertz CT molecular complexity index is 336. The Labute approximate surface area is 118 Å². The van der Waals surface area contributed by atoms with Crippen LogP contribution in [-0.4, -0.2) is 42.1 Å². The summed E-state index contributed by atoms with van der Waals surface area (Å²) in [5.41, 5.74) is 10.7. The molecule has 0 aliphatic carbocycles. The molecule has 0 bridgehead atoms. The normalized spacial score (nSPS) is 13.7. The van der Waals surface area contributed by atoms with E-state index in [0.29, 0.717) is 6.42 Å². The summed E-state index contributed by atoms with van der Waals surface area (Å²) in [5, 5.41) is 4.76. The lowest BCUT2D eigenvalue weighted by Gasteiger charge is -2.15. The minimum Gasteiger partial charge on any atom is -0.368 e. The Morgan fingerprint density at radius 1 is 1.26 bits per heavy atom. The molecule has 0 aliphatic heterocycles. The number of thiol groups is 1. The molecule has 0 aromatic rings. The van der Waals surface area contributed by atoms with Crippen LogP contribution < -0.4 is 22.1 Å². The molecule has 7 nitrogen and oxygen atoms in total. The van der Waals surface area contributed by atoms with Crippen molar-refractivity contribution in [2.75, 3.05) is 12.3 Å². The Kier molecular flexibility index (Phi) is 8.17. The first-order valence-electron chi connectivity index (χ1n) is 6.00. The SMILES string of the molecule is CC(C)C[C@H](N)C(=O)NCC(=O)N[C@@H](CS)C(N)=O. The van der Waals surface area contributed by atoms with Crippen LogP contribution in [0.25, 0.3) is 0 Å². The molecule has 0 aromatic carbocycles. The van der Waals surface area contributed by atoms with Crippen LogP contribution in [0.3, 0.4) is 0 Å². The van der Waals surface area contributed by atoms with Gasteiger partial charge >= 0.3 is 0 Å². The lowest BCUT2D eigenvalue weighted by atomic mass is 10.0. The van der Waals surface area contributed by atoms with Gasteiger partial charge in [0.2, 0.25) is 17.7 Å². The van der Waals surface area contributed by atoms with Gasteiger partial charge in [0.1, 0.15) is 6.04 Å². The molecule has 2 atom stereocenters. The van der Waals surface area contributed by atoms with Gasteiger partial charge in [0.15, 0.2) is 0 Å². The van der Waals surface area contributed by atoms with E-state index in [1.54, 1.807) is 0 Å². The molecule has 0 spiro atoms. The van der Waals surface area contributed by atoms with Gasteiger partial charge < -0.3 is 22.1 Å². The molecule has 0 fully saturated rings. The second-order valence-electron chi connectivity index (χ2n) is 4.66. The third-order valence-electron chi connectivity index (χ3n) is 2.35. The van der Waals surface area contributed by atoms with Crippen molar-refractivity contribution in [2.24, 2.45) is 17.4 Å². The van der Waals surface area contributed by atoms with Gasteiger partial charge in [0, 0.05) is 5.75 Å². The van der Waals surface area contributed by atoms with Crippen LogP contribution in [0, 0.1) is 5.92 Å². The number of primary amides is 1. The van der Waals surface area contributed by atoms with Crippen LogP contribution in [0.4, 0.5) is 0 Å². The zero-order valence-corrected chi connectivity index (χ0v) is 12.1. The average molecular weight is 290 g/mol. The number of carbonyl (C=O) groups excluding carboxylic acids is 3. The summed E-state index contributed by atoms with van der Waals surface area (Å²) in [6.07, 6.45) is 0.536. The summed E-state index contributed by atoms with van der Waals surface area (Å²) < 4.78 is 0. The highest BCUT2D eigenvalue weighted by Gasteiger charge is 2.18. The van der Waals surface area contributed by atoms with Gasteiger partial charge in [-0.1, -0.05) is 13.8 Å². The zero-order chi connectivity index (χ0) is 15.0. The van der Waals surface area contributed by atoms with Crippen LogP contribution in [-0.2, 0) is 14.4 Å². The van der Waals surface area contributed by atoms with Crippen molar-refractivity contribution in [3.63, 3.8) is 0 Å². The highest BCUT2D eigenvalue weighted by molar-refractivity contribution is 7.80. The first-order chi connectivity index (χ1) is 8.77. The van der Waals surface area contributed by atoms with Crippen molar-refractivity contribution in [1.29, 1.82) is 0 Å². The number of rotatable bonds is 8. The van der Waals surface area contributed by atoms with Crippen LogP contribution in [0.5, 0.6) is 0 Å². The number of hydrogen-bond acceptors (Lipinski definition) is 5. The zero-order valence-electron chi connectivity index (χ0n) is 11.2. The van der Waals surface area contributed by atoms with Gasteiger partial charge in [-0.3, -0.25) is 14.4 Å². The van der Waals surface area contributed by atoms with E-state index in [1.165, 1.54) is 0 Å². The number of nitrogens with one attached hydrogen (secondary N) is 2. The molecular weight excluding hydrogens is 268 g/mol. The van der Waals surface area contributed by atoms with Gasteiger partial charge in [-0.25, -0.2) is 0 Å². The fourth-order valence-electron chi connectivity index (χ4n) is 1.37. The van der Waals surface area contributed by atoms with E-state index in [9.17, 15) is 14.4 Å². The van der Waals surface area contributed by atoms with E-state index < -0.39 is 29.8 Å². The van der Waals surface area contributed by atoms with Crippen molar-refractivity contribution >= 4 is 30.4 Å². The minimum atomic E-state index is -0.850. The first-order valence-corrected chi connectivity index (χ1v) is 6.64. The third kappa shape index (κ3) is 7.68. The number of carbonyl (C=O) groups is 3. The molecule has 0 aliphatic rings. The largest absolute Gasteiger partial charge is 0.368 e. The number of nitrogens with two attached hydrogens (primary N) is 2. The van der Waals surface area contributed by atoms with Crippen LogP contribution in [0.1, 0.15) is 20.3 Å². The third-order valence-corrected chi connectivity index (χ3v) is 2.71. The van der Waals surface area contributed by atoms with Gasteiger partial charge in [0.25, 0.3) is 0 Å². The maximum Gasteiger partial charge on any atom is 0.240 e. The van der Waals surface area contributed by atoms with Crippen LogP contribution in [0.2, 0.25) is 0 Å². The summed E-state index contributed by atoms with van der Waals surface area (Å²) in [4.78, 5) is 33.9. The lowest BCUT2D eigenvalue weighted by Crippen LogP contribution is -2.50. The molecule has 6 N–H and O–H groups in total. The van der Waals surface area contributed by atoms with E-state index in [4.69, 9.17) is 11.5 Å². The molecule has 0 heterocycles. The summed E-state index contributed by atoms with van der Waals surface area (Å²) in [6, 6.07) is -1.50. The van der Waals surface area contributed by atoms with Crippen molar-refractivity contribution in [2.45, 2.75) is 32.4 Å². The topological polar surface area (TPSA) is 127 Å². The van der Waals surface area contributed by atoms with Crippen LogP contribution in [0.15, 0.2) is 0 Å². The second kappa shape index (κ2) is 8.76. The fraction of sp³-hybridized carbons (Fsp3) is 0.727. The summed E-state index contributed by atoms with van der Waals surface area (Å²) in [6.45, 7) is 3.65. The molecule has 0 unspecified atom stereocenters.